The lowest BCUT2D eigenvalue weighted by atomic mass is 10.2. The Morgan fingerprint density at radius 2 is 2.12 bits per heavy atom. The van der Waals surface area contributed by atoms with Crippen LogP contribution in [0.25, 0.3) is 6.08 Å². The van der Waals surface area contributed by atoms with Gasteiger partial charge in [0.05, 0.1) is 9.95 Å². The molecule has 0 saturated heterocycles. The van der Waals surface area contributed by atoms with Gasteiger partial charge in [-0.05, 0) is 29.8 Å². The van der Waals surface area contributed by atoms with Crippen molar-refractivity contribution in [3.05, 3.63) is 63.2 Å². The van der Waals surface area contributed by atoms with Gasteiger partial charge in [-0.1, -0.05) is 17.7 Å². The van der Waals surface area contributed by atoms with Crippen LogP contribution in [-0.4, -0.2) is 17.6 Å². The van der Waals surface area contributed by atoms with Gasteiger partial charge in [0, 0.05) is 23.9 Å². The summed E-state index contributed by atoms with van der Waals surface area (Å²) >= 11 is 6.06. The number of amides is 1. The fraction of sp³-hybridized carbons (Fsp3) is 0.0625. The summed E-state index contributed by atoms with van der Waals surface area (Å²) in [5, 5.41) is 13.7. The second-order valence-corrected chi connectivity index (χ2v) is 5.27. The maximum Gasteiger partial charge on any atom is 0.271 e. The zero-order valence-corrected chi connectivity index (χ0v) is 12.9. The summed E-state index contributed by atoms with van der Waals surface area (Å²) in [6.45, 7) is 0.107. The van der Waals surface area contributed by atoms with Crippen molar-refractivity contribution in [1.29, 1.82) is 0 Å². The highest BCUT2D eigenvalue weighted by atomic mass is 35.5. The van der Waals surface area contributed by atoms with E-state index in [1.54, 1.807) is 24.3 Å². The summed E-state index contributed by atoms with van der Waals surface area (Å²) in [5.41, 5.74) is 0.903. The van der Waals surface area contributed by atoms with Crippen LogP contribution in [0.5, 0.6) is 11.5 Å². The Bertz CT molecular complexity index is 850. The molecular formula is C16H11ClN2O5. The number of hydrogen-bond acceptors (Lipinski definition) is 5. The van der Waals surface area contributed by atoms with Crippen LogP contribution in [0.4, 0.5) is 11.4 Å². The summed E-state index contributed by atoms with van der Waals surface area (Å²) in [6.07, 6.45) is 2.85. The number of carbonyl (C=O) groups excluding carboxylic acids is 1. The third-order valence-corrected chi connectivity index (χ3v) is 3.48. The largest absolute Gasteiger partial charge is 0.454 e. The number of rotatable bonds is 4. The summed E-state index contributed by atoms with van der Waals surface area (Å²) in [4.78, 5) is 22.1. The van der Waals surface area contributed by atoms with Gasteiger partial charge in [-0.15, -0.1) is 0 Å². The van der Waals surface area contributed by atoms with Crippen molar-refractivity contribution in [3.63, 3.8) is 0 Å². The summed E-state index contributed by atoms with van der Waals surface area (Å²) in [6, 6.07) is 9.03. The topological polar surface area (TPSA) is 90.7 Å². The number of ether oxygens (including phenoxy) is 2. The molecule has 2 aromatic rings. The van der Waals surface area contributed by atoms with Crippen molar-refractivity contribution in [2.45, 2.75) is 0 Å². The van der Waals surface area contributed by atoms with Crippen LogP contribution in [0.15, 0.2) is 42.5 Å². The molecule has 0 spiro atoms. The van der Waals surface area contributed by atoms with Gasteiger partial charge in [0.2, 0.25) is 12.7 Å². The summed E-state index contributed by atoms with van der Waals surface area (Å²) in [7, 11) is 0. The SMILES string of the molecule is O=C(/C=C/c1cc(Cl)c2c(c1)OCO2)Nc1cccc([N+](=O)[O-])c1. The number of nitrogens with zero attached hydrogens (tertiary/aromatic N) is 1. The first-order valence-corrected chi connectivity index (χ1v) is 7.23. The molecule has 1 amide bonds. The molecule has 1 aliphatic heterocycles. The maximum atomic E-state index is 11.9. The molecule has 1 heterocycles. The molecule has 0 aromatic heterocycles. The lowest BCUT2D eigenvalue weighted by molar-refractivity contribution is -0.384. The third kappa shape index (κ3) is 3.47. The van der Waals surface area contributed by atoms with Crippen molar-refractivity contribution < 1.29 is 19.2 Å². The standard InChI is InChI=1S/C16H11ClN2O5/c17-13-6-10(7-14-16(13)24-9-23-14)4-5-15(20)18-11-2-1-3-12(8-11)19(21)22/h1-8H,9H2,(H,18,20)/b5-4+. The van der Waals surface area contributed by atoms with E-state index in [1.807, 2.05) is 0 Å². The van der Waals surface area contributed by atoms with Crippen LogP contribution in [-0.2, 0) is 4.79 Å². The molecule has 0 atom stereocenters. The van der Waals surface area contributed by atoms with Gasteiger partial charge < -0.3 is 14.8 Å². The molecule has 24 heavy (non-hydrogen) atoms. The minimum atomic E-state index is -0.528. The lowest BCUT2D eigenvalue weighted by Crippen LogP contribution is -2.07. The molecule has 0 unspecified atom stereocenters. The van der Waals surface area contributed by atoms with E-state index in [4.69, 9.17) is 21.1 Å². The average molecular weight is 347 g/mol. The second-order valence-electron chi connectivity index (χ2n) is 4.87. The van der Waals surface area contributed by atoms with Gasteiger partial charge in [-0.2, -0.15) is 0 Å². The Morgan fingerprint density at radius 1 is 1.29 bits per heavy atom. The number of fused-ring (bicyclic) bond motifs is 1. The number of nitro benzene ring substituents is 1. The van der Waals surface area contributed by atoms with Crippen LogP contribution in [0.2, 0.25) is 5.02 Å². The van der Waals surface area contributed by atoms with Crippen LogP contribution >= 0.6 is 11.6 Å². The van der Waals surface area contributed by atoms with Crippen molar-refractivity contribution in [3.8, 4) is 11.5 Å². The van der Waals surface area contributed by atoms with Gasteiger partial charge in [-0.25, -0.2) is 0 Å². The van der Waals surface area contributed by atoms with Crippen molar-refractivity contribution >= 4 is 35.0 Å². The molecular weight excluding hydrogens is 336 g/mol. The quantitative estimate of drug-likeness (QED) is 0.518. The van der Waals surface area contributed by atoms with E-state index in [9.17, 15) is 14.9 Å². The van der Waals surface area contributed by atoms with E-state index < -0.39 is 10.8 Å². The van der Waals surface area contributed by atoms with E-state index >= 15 is 0 Å². The van der Waals surface area contributed by atoms with Gasteiger partial charge in [-0.3, -0.25) is 14.9 Å². The second kappa shape index (κ2) is 6.59. The monoisotopic (exact) mass is 346 g/mol. The minimum Gasteiger partial charge on any atom is -0.454 e. The molecule has 7 nitrogen and oxygen atoms in total. The number of nitro groups is 1. The smallest absolute Gasteiger partial charge is 0.271 e. The molecule has 0 bridgehead atoms. The fourth-order valence-corrected chi connectivity index (χ4v) is 2.41. The van der Waals surface area contributed by atoms with Crippen LogP contribution in [0.3, 0.4) is 0 Å². The van der Waals surface area contributed by atoms with E-state index in [2.05, 4.69) is 5.32 Å². The van der Waals surface area contributed by atoms with Gasteiger partial charge in [0.15, 0.2) is 11.5 Å². The number of hydrogen-bond donors (Lipinski definition) is 1. The zero-order chi connectivity index (χ0) is 17.1. The van der Waals surface area contributed by atoms with E-state index in [0.29, 0.717) is 27.8 Å². The highest BCUT2D eigenvalue weighted by molar-refractivity contribution is 6.32. The minimum absolute atomic E-state index is 0.0978. The number of carbonyl (C=O) groups is 1. The predicted octanol–water partition coefficient (Wildman–Crippen LogP) is 3.63. The van der Waals surface area contributed by atoms with E-state index in [-0.39, 0.29) is 12.5 Å². The van der Waals surface area contributed by atoms with Crippen LogP contribution in [0.1, 0.15) is 5.56 Å². The summed E-state index contributed by atoms with van der Waals surface area (Å²) < 4.78 is 10.5. The van der Waals surface area contributed by atoms with Gasteiger partial charge in [0.25, 0.3) is 5.69 Å². The number of halogens is 1. The van der Waals surface area contributed by atoms with Gasteiger partial charge >= 0.3 is 0 Å². The molecule has 0 aliphatic carbocycles. The maximum absolute atomic E-state index is 11.9. The Labute approximate surface area is 141 Å². The number of nitrogens with one attached hydrogen (secondary N) is 1. The molecule has 1 N–H and O–H groups in total. The zero-order valence-electron chi connectivity index (χ0n) is 12.2. The number of non-ortho nitro benzene ring substituents is 1. The highest BCUT2D eigenvalue weighted by Gasteiger charge is 2.17. The molecule has 0 fully saturated rings. The molecule has 0 saturated carbocycles. The third-order valence-electron chi connectivity index (χ3n) is 3.20. The average Bonchev–Trinajstić information content (AvgIpc) is 3.02. The number of benzene rings is 2. The lowest BCUT2D eigenvalue weighted by Gasteiger charge is -2.03. The van der Waals surface area contributed by atoms with Crippen LogP contribution in [0, 0.1) is 10.1 Å². The first-order chi connectivity index (χ1) is 11.5. The Morgan fingerprint density at radius 3 is 2.92 bits per heavy atom. The Balaban J connectivity index is 1.71. The first-order valence-electron chi connectivity index (χ1n) is 6.85. The highest BCUT2D eigenvalue weighted by Crippen LogP contribution is 2.40. The van der Waals surface area contributed by atoms with Crippen molar-refractivity contribution in [2.75, 3.05) is 12.1 Å². The van der Waals surface area contributed by atoms with Crippen molar-refractivity contribution in [2.24, 2.45) is 0 Å². The molecule has 0 radical (unpaired) electrons. The fourth-order valence-electron chi connectivity index (χ4n) is 2.14. The van der Waals surface area contributed by atoms with Gasteiger partial charge in [0.1, 0.15) is 0 Å². The van der Waals surface area contributed by atoms with E-state index in [1.165, 1.54) is 24.3 Å². The van der Waals surface area contributed by atoms with E-state index in [0.717, 1.165) is 0 Å². The Kier molecular flexibility index (Phi) is 4.35. The molecule has 2 aromatic carbocycles. The molecule has 1 aliphatic rings. The first kappa shape index (κ1) is 15.8. The molecule has 122 valence electrons. The van der Waals surface area contributed by atoms with Crippen LogP contribution < -0.4 is 14.8 Å². The Hall–Kier alpha value is -3.06. The predicted molar refractivity (Wildman–Crippen MR) is 88.3 cm³/mol. The number of anilines is 1. The van der Waals surface area contributed by atoms with Crippen molar-refractivity contribution in [1.82, 2.24) is 0 Å². The normalized spacial score (nSPS) is 12.4. The molecule has 3 rings (SSSR count). The molecule has 8 heteroatoms. The summed E-state index contributed by atoms with van der Waals surface area (Å²) in [5.74, 6) is 0.570.